The number of pyridine rings is 1. The third-order valence-electron chi connectivity index (χ3n) is 2.26. The van der Waals surface area contributed by atoms with Crippen LogP contribution in [0.5, 0.6) is 11.5 Å². The van der Waals surface area contributed by atoms with Gasteiger partial charge in [0.2, 0.25) is 0 Å². The lowest BCUT2D eigenvalue weighted by Gasteiger charge is -2.04. The molecule has 0 aliphatic carbocycles. The molecular weight excluding hydrogens is 234 g/mol. The van der Waals surface area contributed by atoms with Crippen molar-refractivity contribution in [3.05, 3.63) is 36.4 Å². The number of ether oxygens (including phenoxy) is 1. The van der Waals surface area contributed by atoms with E-state index < -0.39 is 5.97 Å². The van der Waals surface area contributed by atoms with Gasteiger partial charge in [0.05, 0.1) is 12.4 Å². The van der Waals surface area contributed by atoms with E-state index in [1.165, 1.54) is 6.20 Å². The van der Waals surface area contributed by atoms with Gasteiger partial charge in [0.15, 0.2) is 17.2 Å². The molecule has 0 radical (unpaired) electrons. The molecule has 0 saturated carbocycles. The second-order valence-corrected chi connectivity index (χ2v) is 3.70. The molecule has 2 rings (SSSR count). The SMILES string of the molecule is CCCn1cc(Oc2cccnc2C(=O)O)cn1. The number of nitrogens with zero attached hydrogens (tertiary/aromatic N) is 3. The maximum atomic E-state index is 11.0. The summed E-state index contributed by atoms with van der Waals surface area (Å²) in [6.07, 6.45) is 5.65. The van der Waals surface area contributed by atoms with Crippen LogP contribution < -0.4 is 4.74 Å². The zero-order chi connectivity index (χ0) is 13.0. The molecule has 0 saturated heterocycles. The molecule has 2 aromatic rings. The quantitative estimate of drug-likeness (QED) is 0.876. The van der Waals surface area contributed by atoms with Crippen LogP contribution in [0, 0.1) is 0 Å². The van der Waals surface area contributed by atoms with Crippen molar-refractivity contribution in [2.45, 2.75) is 19.9 Å². The van der Waals surface area contributed by atoms with Crippen LogP contribution in [-0.2, 0) is 6.54 Å². The second-order valence-electron chi connectivity index (χ2n) is 3.70. The summed E-state index contributed by atoms with van der Waals surface area (Å²) in [6, 6.07) is 3.19. The summed E-state index contributed by atoms with van der Waals surface area (Å²) >= 11 is 0. The highest BCUT2D eigenvalue weighted by molar-refractivity contribution is 5.88. The molecule has 6 heteroatoms. The van der Waals surface area contributed by atoms with E-state index in [2.05, 4.69) is 10.1 Å². The van der Waals surface area contributed by atoms with E-state index in [-0.39, 0.29) is 11.4 Å². The average molecular weight is 247 g/mol. The lowest BCUT2D eigenvalue weighted by atomic mass is 10.3. The molecule has 0 aliphatic rings. The standard InChI is InChI=1S/C12H13N3O3/c1-2-6-15-8-9(7-14-15)18-10-4-3-5-13-11(10)12(16)17/h3-5,7-8H,2,6H2,1H3,(H,16,17). The van der Waals surface area contributed by atoms with Gasteiger partial charge in [-0.2, -0.15) is 5.10 Å². The molecule has 0 aliphatic heterocycles. The normalized spacial score (nSPS) is 10.3. The highest BCUT2D eigenvalue weighted by Gasteiger charge is 2.13. The van der Waals surface area contributed by atoms with Gasteiger partial charge < -0.3 is 9.84 Å². The fourth-order valence-corrected chi connectivity index (χ4v) is 1.51. The minimum atomic E-state index is -1.12. The number of hydrogen-bond donors (Lipinski definition) is 1. The van der Waals surface area contributed by atoms with E-state index in [0.29, 0.717) is 5.75 Å². The zero-order valence-electron chi connectivity index (χ0n) is 9.91. The Morgan fingerprint density at radius 3 is 3.11 bits per heavy atom. The number of carbonyl (C=O) groups is 1. The van der Waals surface area contributed by atoms with Crippen molar-refractivity contribution < 1.29 is 14.6 Å². The first-order valence-corrected chi connectivity index (χ1v) is 5.59. The molecule has 6 nitrogen and oxygen atoms in total. The molecule has 0 bridgehead atoms. The van der Waals surface area contributed by atoms with Crippen molar-refractivity contribution in [2.75, 3.05) is 0 Å². The summed E-state index contributed by atoms with van der Waals surface area (Å²) in [6.45, 7) is 2.84. The third kappa shape index (κ3) is 2.65. The first kappa shape index (κ1) is 12.1. The Kier molecular flexibility index (Phi) is 3.57. The summed E-state index contributed by atoms with van der Waals surface area (Å²) in [7, 11) is 0. The lowest BCUT2D eigenvalue weighted by molar-refractivity contribution is 0.0687. The molecule has 0 atom stereocenters. The average Bonchev–Trinajstić information content (AvgIpc) is 2.77. The van der Waals surface area contributed by atoms with E-state index in [1.807, 2.05) is 6.92 Å². The van der Waals surface area contributed by atoms with E-state index in [1.54, 1.807) is 29.2 Å². The lowest BCUT2D eigenvalue weighted by Crippen LogP contribution is -2.02. The van der Waals surface area contributed by atoms with Crippen LogP contribution in [-0.4, -0.2) is 25.8 Å². The molecule has 0 fully saturated rings. The van der Waals surface area contributed by atoms with Gasteiger partial charge in [-0.1, -0.05) is 6.92 Å². The summed E-state index contributed by atoms with van der Waals surface area (Å²) in [4.78, 5) is 14.7. The Hall–Kier alpha value is -2.37. The molecule has 0 spiro atoms. The fraction of sp³-hybridized carbons (Fsp3) is 0.250. The summed E-state index contributed by atoms with van der Waals surface area (Å²) in [5.41, 5.74) is -0.110. The van der Waals surface area contributed by atoms with Crippen LogP contribution in [0.4, 0.5) is 0 Å². The van der Waals surface area contributed by atoms with E-state index >= 15 is 0 Å². The van der Waals surface area contributed by atoms with Crippen molar-refractivity contribution in [1.82, 2.24) is 14.8 Å². The van der Waals surface area contributed by atoms with Crippen molar-refractivity contribution in [2.24, 2.45) is 0 Å². The first-order chi connectivity index (χ1) is 8.70. The minimum Gasteiger partial charge on any atom is -0.476 e. The Morgan fingerprint density at radius 2 is 2.39 bits per heavy atom. The van der Waals surface area contributed by atoms with Gasteiger partial charge in [-0.25, -0.2) is 9.78 Å². The van der Waals surface area contributed by atoms with E-state index in [9.17, 15) is 4.79 Å². The maximum absolute atomic E-state index is 11.0. The molecule has 18 heavy (non-hydrogen) atoms. The van der Waals surface area contributed by atoms with Gasteiger partial charge in [-0.15, -0.1) is 0 Å². The van der Waals surface area contributed by atoms with Crippen LogP contribution in [0.2, 0.25) is 0 Å². The van der Waals surface area contributed by atoms with Gasteiger partial charge in [0.1, 0.15) is 0 Å². The predicted octanol–water partition coefficient (Wildman–Crippen LogP) is 2.18. The smallest absolute Gasteiger partial charge is 0.358 e. The van der Waals surface area contributed by atoms with Gasteiger partial charge >= 0.3 is 5.97 Å². The molecule has 2 aromatic heterocycles. The molecular formula is C12H13N3O3. The maximum Gasteiger partial charge on any atom is 0.358 e. The second kappa shape index (κ2) is 5.31. The van der Waals surface area contributed by atoms with Crippen molar-refractivity contribution in [3.63, 3.8) is 0 Å². The Balaban J connectivity index is 2.20. The molecule has 0 aromatic carbocycles. The number of aromatic nitrogens is 3. The van der Waals surface area contributed by atoms with Gasteiger partial charge in [0.25, 0.3) is 0 Å². The van der Waals surface area contributed by atoms with E-state index in [4.69, 9.17) is 9.84 Å². The van der Waals surface area contributed by atoms with Gasteiger partial charge in [-0.05, 0) is 18.6 Å². The number of rotatable bonds is 5. The van der Waals surface area contributed by atoms with Crippen LogP contribution in [0.3, 0.4) is 0 Å². The largest absolute Gasteiger partial charge is 0.476 e. The first-order valence-electron chi connectivity index (χ1n) is 5.59. The Morgan fingerprint density at radius 1 is 1.56 bits per heavy atom. The number of carboxylic acid groups (broad SMARTS) is 1. The summed E-state index contributed by atoms with van der Waals surface area (Å²) in [5, 5.41) is 13.1. The number of hydrogen-bond acceptors (Lipinski definition) is 4. The van der Waals surface area contributed by atoms with Crippen LogP contribution in [0.1, 0.15) is 23.8 Å². The minimum absolute atomic E-state index is 0.110. The number of aromatic carboxylic acids is 1. The Bertz CT molecular complexity index is 551. The van der Waals surface area contributed by atoms with Crippen LogP contribution in [0.25, 0.3) is 0 Å². The fourth-order valence-electron chi connectivity index (χ4n) is 1.51. The van der Waals surface area contributed by atoms with Crippen LogP contribution >= 0.6 is 0 Å². The topological polar surface area (TPSA) is 77.2 Å². The molecule has 1 N–H and O–H groups in total. The molecule has 94 valence electrons. The summed E-state index contributed by atoms with van der Waals surface area (Å²) in [5.74, 6) is -0.411. The van der Waals surface area contributed by atoms with Crippen molar-refractivity contribution in [3.8, 4) is 11.5 Å². The molecule has 2 heterocycles. The predicted molar refractivity (Wildman–Crippen MR) is 63.8 cm³/mol. The van der Waals surface area contributed by atoms with E-state index in [0.717, 1.165) is 13.0 Å². The monoisotopic (exact) mass is 247 g/mol. The highest BCUT2D eigenvalue weighted by atomic mass is 16.5. The highest BCUT2D eigenvalue weighted by Crippen LogP contribution is 2.23. The third-order valence-corrected chi connectivity index (χ3v) is 2.26. The van der Waals surface area contributed by atoms with Crippen molar-refractivity contribution in [1.29, 1.82) is 0 Å². The number of aryl methyl sites for hydroxylation is 1. The number of carboxylic acids is 1. The summed E-state index contributed by atoms with van der Waals surface area (Å²) < 4.78 is 7.21. The molecule has 0 amide bonds. The van der Waals surface area contributed by atoms with Gasteiger partial charge in [0, 0.05) is 12.7 Å². The van der Waals surface area contributed by atoms with Gasteiger partial charge in [-0.3, -0.25) is 4.68 Å². The van der Waals surface area contributed by atoms with Crippen LogP contribution in [0.15, 0.2) is 30.7 Å². The Labute approximate surface area is 104 Å². The van der Waals surface area contributed by atoms with Crippen molar-refractivity contribution >= 4 is 5.97 Å². The molecule has 0 unspecified atom stereocenters. The zero-order valence-corrected chi connectivity index (χ0v) is 9.91.